The van der Waals surface area contributed by atoms with Gasteiger partial charge in [0.2, 0.25) is 0 Å². The average molecular weight is 583 g/mol. The third-order valence-electron chi connectivity index (χ3n) is 7.52. The van der Waals surface area contributed by atoms with E-state index < -0.39 is 17.7 Å². The number of benzene rings is 1. The number of anilines is 1. The Morgan fingerprint density at radius 3 is 2.45 bits per heavy atom. The van der Waals surface area contributed by atoms with E-state index >= 15 is 0 Å². The van der Waals surface area contributed by atoms with Crippen LogP contribution >= 0.6 is 0 Å². The maximum absolute atomic E-state index is 14.0. The summed E-state index contributed by atoms with van der Waals surface area (Å²) in [6.45, 7) is 8.36. The van der Waals surface area contributed by atoms with Crippen LogP contribution in [-0.2, 0) is 7.05 Å². The van der Waals surface area contributed by atoms with Gasteiger partial charge in [0.15, 0.2) is 0 Å². The molecular weight excluding hydrogens is 545 g/mol. The standard InChI is InChI=1S/C30H37F3N8O/c1-6-21-13-23(30(31,32)33)15-24(16-28(21)40-11-9-38(4)10-12-40)37-29(42)22-8-7-19(2)27(14-22)41(35)18-26(34)25-17-36-39(5)20(25)3/h7-8,14-18H,6,9-12,34-35H2,1-5H3,(H,37,42)/b26-18-. The molecule has 1 aliphatic carbocycles. The average Bonchev–Trinajstić information content (AvgIpc) is 3.15. The van der Waals surface area contributed by atoms with Crippen molar-refractivity contribution < 1.29 is 18.0 Å². The summed E-state index contributed by atoms with van der Waals surface area (Å²) in [6, 6.07) is 4.89. The van der Waals surface area contributed by atoms with Crippen LogP contribution in [-0.4, -0.2) is 64.9 Å². The van der Waals surface area contributed by atoms with E-state index in [2.05, 4.69) is 21.0 Å². The van der Waals surface area contributed by atoms with Gasteiger partial charge in [-0.2, -0.15) is 18.3 Å². The first-order chi connectivity index (χ1) is 19.8. The highest BCUT2D eigenvalue weighted by molar-refractivity contribution is 5.97. The Hall–Kier alpha value is -4.25. The van der Waals surface area contributed by atoms with Crippen molar-refractivity contribution in [2.24, 2.45) is 18.6 Å². The van der Waals surface area contributed by atoms with Crippen LogP contribution in [0.25, 0.3) is 5.70 Å². The van der Waals surface area contributed by atoms with Gasteiger partial charge >= 0.3 is 6.18 Å². The number of carbonyl (C=O) groups excluding carboxylic acids is 1. The summed E-state index contributed by atoms with van der Waals surface area (Å²) < 4.78 is 43.6. The Kier molecular flexibility index (Phi) is 9.00. The minimum atomic E-state index is -4.64. The van der Waals surface area contributed by atoms with Crippen molar-refractivity contribution in [3.63, 3.8) is 0 Å². The Morgan fingerprint density at radius 2 is 1.86 bits per heavy atom. The number of amides is 1. The van der Waals surface area contributed by atoms with E-state index in [1.54, 1.807) is 49.1 Å². The van der Waals surface area contributed by atoms with E-state index in [0.717, 1.165) is 36.0 Å². The quantitative estimate of drug-likeness (QED) is 0.259. The van der Waals surface area contributed by atoms with E-state index in [1.165, 1.54) is 11.2 Å². The summed E-state index contributed by atoms with van der Waals surface area (Å²) in [6.07, 6.45) is 1.43. The van der Waals surface area contributed by atoms with Crippen LogP contribution in [0.2, 0.25) is 0 Å². The van der Waals surface area contributed by atoms with Gasteiger partial charge in [-0.25, -0.2) is 5.84 Å². The number of allylic oxidation sites excluding steroid dienone is 3. The number of aromatic nitrogens is 2. The SMILES string of the molecule is CCC1=C=C(C(F)(F)F)C=C(NC(=O)c2ccc(C)c(N(N)/C=C(\N)c3cnn(C)c3C)c2)C=C1N1CCN(C)CC1. The van der Waals surface area contributed by atoms with Crippen LogP contribution in [0.5, 0.6) is 0 Å². The molecule has 0 atom stereocenters. The summed E-state index contributed by atoms with van der Waals surface area (Å²) >= 11 is 0. The molecule has 12 heteroatoms. The third-order valence-corrected chi connectivity index (χ3v) is 7.52. The van der Waals surface area contributed by atoms with Crippen molar-refractivity contribution in [3.05, 3.63) is 93.4 Å². The van der Waals surface area contributed by atoms with Gasteiger partial charge < -0.3 is 20.9 Å². The van der Waals surface area contributed by atoms with Crippen molar-refractivity contribution in [2.75, 3.05) is 38.2 Å². The number of piperazine rings is 1. The molecule has 0 bridgehead atoms. The molecule has 1 aliphatic heterocycles. The number of nitrogens with one attached hydrogen (secondary N) is 1. The molecule has 224 valence electrons. The fourth-order valence-corrected chi connectivity index (χ4v) is 4.82. The first-order valence-corrected chi connectivity index (χ1v) is 13.6. The number of aryl methyl sites for hydroxylation is 2. The second-order valence-electron chi connectivity index (χ2n) is 10.5. The fourth-order valence-electron chi connectivity index (χ4n) is 4.82. The molecule has 2 aromatic rings. The van der Waals surface area contributed by atoms with Gasteiger partial charge in [-0.1, -0.05) is 13.0 Å². The summed E-state index contributed by atoms with van der Waals surface area (Å²) in [7, 11) is 3.81. The molecule has 42 heavy (non-hydrogen) atoms. The number of nitrogens with zero attached hydrogens (tertiary/aromatic N) is 5. The van der Waals surface area contributed by atoms with E-state index in [0.29, 0.717) is 42.2 Å². The predicted octanol–water partition coefficient (Wildman–Crippen LogP) is 3.86. The molecule has 4 rings (SSSR count). The molecule has 1 aromatic heterocycles. The lowest BCUT2D eigenvalue weighted by molar-refractivity contribution is -0.0881. The lowest BCUT2D eigenvalue weighted by Crippen LogP contribution is -2.44. The highest BCUT2D eigenvalue weighted by Gasteiger charge is 2.34. The number of carbonyl (C=O) groups is 1. The molecule has 2 heterocycles. The van der Waals surface area contributed by atoms with Gasteiger partial charge in [-0.15, -0.1) is 5.73 Å². The zero-order valence-corrected chi connectivity index (χ0v) is 24.5. The zero-order chi connectivity index (χ0) is 30.8. The lowest BCUT2D eigenvalue weighted by Gasteiger charge is -2.36. The molecule has 1 saturated heterocycles. The molecule has 2 aliphatic rings. The van der Waals surface area contributed by atoms with Crippen molar-refractivity contribution in [1.29, 1.82) is 0 Å². The Bertz CT molecular complexity index is 1520. The van der Waals surface area contributed by atoms with E-state index in [-0.39, 0.29) is 11.3 Å². The molecule has 1 aromatic carbocycles. The topological polar surface area (TPSA) is 109 Å². The second kappa shape index (κ2) is 12.3. The number of hydrazine groups is 1. The Balaban J connectivity index is 1.65. The summed E-state index contributed by atoms with van der Waals surface area (Å²) in [5.74, 6) is 5.74. The molecule has 9 nitrogen and oxygen atoms in total. The van der Waals surface area contributed by atoms with Gasteiger partial charge in [0, 0.05) is 73.2 Å². The first-order valence-electron chi connectivity index (χ1n) is 13.6. The second-order valence-corrected chi connectivity index (χ2v) is 10.5. The van der Waals surface area contributed by atoms with Gasteiger partial charge in [-0.3, -0.25) is 14.5 Å². The van der Waals surface area contributed by atoms with Crippen LogP contribution in [0.3, 0.4) is 0 Å². The number of hydrogen-bond donors (Lipinski definition) is 3. The first kappa shape index (κ1) is 30.7. The summed E-state index contributed by atoms with van der Waals surface area (Å²) in [4.78, 5) is 17.6. The minimum absolute atomic E-state index is 0.0279. The van der Waals surface area contributed by atoms with Crippen LogP contribution in [0, 0.1) is 13.8 Å². The van der Waals surface area contributed by atoms with Gasteiger partial charge in [0.05, 0.1) is 23.2 Å². The summed E-state index contributed by atoms with van der Waals surface area (Å²) in [5.41, 5.74) is 12.5. The highest BCUT2D eigenvalue weighted by atomic mass is 19.4. The smallest absolute Gasteiger partial charge is 0.397 e. The van der Waals surface area contributed by atoms with E-state index in [1.807, 2.05) is 25.8 Å². The highest BCUT2D eigenvalue weighted by Crippen LogP contribution is 2.32. The van der Waals surface area contributed by atoms with Gasteiger partial charge in [0.1, 0.15) is 0 Å². The molecule has 0 unspecified atom stereocenters. The minimum Gasteiger partial charge on any atom is -0.397 e. The van der Waals surface area contributed by atoms with Crippen molar-refractivity contribution in [3.8, 4) is 0 Å². The normalized spacial score (nSPS) is 16.8. The third kappa shape index (κ3) is 6.79. The molecular formula is C30H37F3N8O. The number of rotatable bonds is 7. The van der Waals surface area contributed by atoms with Crippen molar-refractivity contribution >= 4 is 17.3 Å². The molecule has 1 amide bonds. The maximum atomic E-state index is 14.0. The largest absolute Gasteiger partial charge is 0.423 e. The molecule has 5 N–H and O–H groups in total. The number of hydrogen-bond acceptors (Lipinski definition) is 7. The fraction of sp³-hybridized carbons (Fsp3) is 0.367. The molecule has 0 radical (unpaired) electrons. The summed E-state index contributed by atoms with van der Waals surface area (Å²) in [5, 5.41) is 8.19. The van der Waals surface area contributed by atoms with E-state index in [4.69, 9.17) is 11.6 Å². The number of alkyl halides is 3. The van der Waals surface area contributed by atoms with Crippen LogP contribution in [0.4, 0.5) is 18.9 Å². The number of halogens is 3. The van der Waals surface area contributed by atoms with E-state index in [9.17, 15) is 18.0 Å². The van der Waals surface area contributed by atoms with Gasteiger partial charge in [0.25, 0.3) is 5.91 Å². The molecule has 1 fully saturated rings. The number of nitrogens with two attached hydrogens (primary N) is 2. The monoisotopic (exact) mass is 582 g/mol. The Labute approximate surface area is 243 Å². The van der Waals surface area contributed by atoms with Crippen LogP contribution < -0.4 is 21.9 Å². The maximum Gasteiger partial charge on any atom is 0.423 e. The van der Waals surface area contributed by atoms with Crippen LogP contribution in [0.1, 0.15) is 40.5 Å². The van der Waals surface area contributed by atoms with Crippen molar-refractivity contribution in [1.82, 2.24) is 24.9 Å². The van der Waals surface area contributed by atoms with Crippen molar-refractivity contribution in [2.45, 2.75) is 33.4 Å². The number of likely N-dealkylation sites (N-methyl/N-ethyl adjacent to an activating group) is 1. The lowest BCUT2D eigenvalue weighted by atomic mass is 10.1. The Morgan fingerprint density at radius 1 is 1.17 bits per heavy atom. The molecule has 0 spiro atoms. The molecule has 0 saturated carbocycles. The zero-order valence-electron chi connectivity index (χ0n) is 24.5. The predicted molar refractivity (Wildman–Crippen MR) is 158 cm³/mol. The van der Waals surface area contributed by atoms with Crippen LogP contribution in [0.15, 0.2) is 71.0 Å². The van der Waals surface area contributed by atoms with Gasteiger partial charge in [-0.05, 0) is 57.2 Å².